The summed E-state index contributed by atoms with van der Waals surface area (Å²) in [6.07, 6.45) is 0. The molecule has 1 amide bonds. The molecule has 0 radical (unpaired) electrons. The lowest BCUT2D eigenvalue weighted by molar-refractivity contribution is 0.0931. The molecule has 1 unspecified atom stereocenters. The third-order valence-electron chi connectivity index (χ3n) is 2.63. The lowest BCUT2D eigenvalue weighted by atomic mass is 10.1. The van der Waals surface area contributed by atoms with E-state index >= 15 is 0 Å². The lowest BCUT2D eigenvalue weighted by Gasteiger charge is -2.18. The van der Waals surface area contributed by atoms with E-state index in [2.05, 4.69) is 5.32 Å². The first-order valence-corrected chi connectivity index (χ1v) is 5.66. The SMILES string of the molecule is CC(C)C(C)NC(=O)c1c(N)cccc1Cl. The summed E-state index contributed by atoms with van der Waals surface area (Å²) in [6.45, 7) is 6.04. The van der Waals surface area contributed by atoms with Gasteiger partial charge in [-0.1, -0.05) is 31.5 Å². The quantitative estimate of drug-likeness (QED) is 0.799. The highest BCUT2D eigenvalue weighted by Gasteiger charge is 2.17. The number of carbonyl (C=O) groups excluding carboxylic acids is 1. The van der Waals surface area contributed by atoms with E-state index in [0.717, 1.165) is 0 Å². The summed E-state index contributed by atoms with van der Waals surface area (Å²) in [7, 11) is 0. The van der Waals surface area contributed by atoms with Crippen LogP contribution in [0.5, 0.6) is 0 Å². The van der Waals surface area contributed by atoms with Gasteiger partial charge in [0.25, 0.3) is 5.91 Å². The zero-order valence-electron chi connectivity index (χ0n) is 9.75. The van der Waals surface area contributed by atoms with Gasteiger partial charge in [0.1, 0.15) is 0 Å². The highest BCUT2D eigenvalue weighted by molar-refractivity contribution is 6.34. The minimum absolute atomic E-state index is 0.0863. The monoisotopic (exact) mass is 240 g/mol. The van der Waals surface area contributed by atoms with E-state index in [0.29, 0.717) is 22.2 Å². The van der Waals surface area contributed by atoms with Crippen molar-refractivity contribution < 1.29 is 4.79 Å². The van der Waals surface area contributed by atoms with Gasteiger partial charge in [0, 0.05) is 11.7 Å². The number of rotatable bonds is 3. The van der Waals surface area contributed by atoms with Crippen molar-refractivity contribution in [3.05, 3.63) is 28.8 Å². The minimum atomic E-state index is -0.218. The van der Waals surface area contributed by atoms with Crippen LogP contribution in [0.1, 0.15) is 31.1 Å². The number of hydrogen-bond donors (Lipinski definition) is 2. The molecular weight excluding hydrogens is 224 g/mol. The molecule has 16 heavy (non-hydrogen) atoms. The second-order valence-electron chi connectivity index (χ2n) is 4.21. The Morgan fingerprint density at radius 3 is 2.50 bits per heavy atom. The number of halogens is 1. The number of hydrogen-bond acceptors (Lipinski definition) is 2. The number of anilines is 1. The molecule has 0 saturated carbocycles. The van der Waals surface area contributed by atoms with E-state index in [9.17, 15) is 4.79 Å². The van der Waals surface area contributed by atoms with Gasteiger partial charge in [-0.15, -0.1) is 0 Å². The standard InChI is InChI=1S/C12H17ClN2O/c1-7(2)8(3)15-12(16)11-9(13)5-4-6-10(11)14/h4-8H,14H2,1-3H3,(H,15,16). The summed E-state index contributed by atoms with van der Waals surface area (Å²) >= 11 is 5.95. The topological polar surface area (TPSA) is 55.1 Å². The van der Waals surface area contributed by atoms with Crippen molar-refractivity contribution in [1.82, 2.24) is 5.32 Å². The molecule has 0 aliphatic carbocycles. The van der Waals surface area contributed by atoms with Crippen LogP contribution >= 0.6 is 11.6 Å². The highest BCUT2D eigenvalue weighted by Crippen LogP contribution is 2.22. The van der Waals surface area contributed by atoms with E-state index in [1.54, 1.807) is 18.2 Å². The van der Waals surface area contributed by atoms with Crippen molar-refractivity contribution in [3.63, 3.8) is 0 Å². The molecule has 0 bridgehead atoms. The maximum absolute atomic E-state index is 11.9. The average molecular weight is 241 g/mol. The normalized spacial score (nSPS) is 12.6. The van der Waals surface area contributed by atoms with Gasteiger partial charge < -0.3 is 11.1 Å². The minimum Gasteiger partial charge on any atom is -0.398 e. The molecule has 88 valence electrons. The number of amides is 1. The Labute approximate surface area is 101 Å². The Balaban J connectivity index is 2.89. The van der Waals surface area contributed by atoms with E-state index in [-0.39, 0.29) is 11.9 Å². The molecule has 0 aliphatic rings. The van der Waals surface area contributed by atoms with Crippen LogP contribution in [-0.4, -0.2) is 11.9 Å². The smallest absolute Gasteiger partial charge is 0.255 e. The molecule has 1 atom stereocenters. The van der Waals surface area contributed by atoms with Gasteiger partial charge in [-0.05, 0) is 25.0 Å². The Morgan fingerprint density at radius 1 is 1.38 bits per heavy atom. The van der Waals surface area contributed by atoms with Crippen molar-refractivity contribution in [2.24, 2.45) is 5.92 Å². The Kier molecular flexibility index (Phi) is 4.19. The molecule has 0 heterocycles. The largest absolute Gasteiger partial charge is 0.398 e. The molecule has 4 heteroatoms. The van der Waals surface area contributed by atoms with Crippen molar-refractivity contribution in [2.75, 3.05) is 5.73 Å². The first-order chi connectivity index (χ1) is 7.43. The molecule has 0 saturated heterocycles. The van der Waals surface area contributed by atoms with Crippen LogP contribution in [-0.2, 0) is 0 Å². The number of nitrogens with one attached hydrogen (secondary N) is 1. The fourth-order valence-electron chi connectivity index (χ4n) is 1.23. The average Bonchev–Trinajstić information content (AvgIpc) is 2.16. The second-order valence-corrected chi connectivity index (χ2v) is 4.62. The molecule has 3 nitrogen and oxygen atoms in total. The van der Waals surface area contributed by atoms with Gasteiger partial charge in [-0.3, -0.25) is 4.79 Å². The number of nitrogens with two attached hydrogens (primary N) is 1. The predicted octanol–water partition coefficient (Wildman–Crippen LogP) is 2.70. The van der Waals surface area contributed by atoms with Crippen molar-refractivity contribution in [1.29, 1.82) is 0 Å². The third-order valence-corrected chi connectivity index (χ3v) is 2.95. The summed E-state index contributed by atoms with van der Waals surface area (Å²) in [5.41, 5.74) is 6.49. The van der Waals surface area contributed by atoms with Gasteiger partial charge in [0.05, 0.1) is 10.6 Å². The summed E-state index contributed by atoms with van der Waals surface area (Å²) in [5.74, 6) is 0.150. The summed E-state index contributed by atoms with van der Waals surface area (Å²) in [4.78, 5) is 11.9. The molecule has 0 spiro atoms. The Hall–Kier alpha value is -1.22. The molecule has 0 aromatic heterocycles. The van der Waals surface area contributed by atoms with E-state index < -0.39 is 0 Å². The lowest BCUT2D eigenvalue weighted by Crippen LogP contribution is -2.36. The molecule has 1 aromatic rings. The Morgan fingerprint density at radius 2 is 2.00 bits per heavy atom. The van der Waals surface area contributed by atoms with Gasteiger partial charge in [0.15, 0.2) is 0 Å². The first kappa shape index (κ1) is 12.8. The summed E-state index contributed by atoms with van der Waals surface area (Å²) < 4.78 is 0. The Bertz CT molecular complexity index is 370. The van der Waals surface area contributed by atoms with E-state index in [1.165, 1.54) is 0 Å². The maximum Gasteiger partial charge on any atom is 0.255 e. The van der Waals surface area contributed by atoms with Crippen LogP contribution in [0.25, 0.3) is 0 Å². The second kappa shape index (κ2) is 5.21. The first-order valence-electron chi connectivity index (χ1n) is 5.28. The fraction of sp³-hybridized carbons (Fsp3) is 0.417. The summed E-state index contributed by atoms with van der Waals surface area (Å²) in [5, 5.41) is 3.26. The van der Waals surface area contributed by atoms with Gasteiger partial charge in [-0.2, -0.15) is 0 Å². The van der Waals surface area contributed by atoms with Crippen LogP contribution in [0.15, 0.2) is 18.2 Å². The van der Waals surface area contributed by atoms with Gasteiger partial charge >= 0.3 is 0 Å². The zero-order chi connectivity index (χ0) is 12.3. The molecule has 1 aromatic carbocycles. The van der Waals surface area contributed by atoms with Gasteiger partial charge in [-0.25, -0.2) is 0 Å². The van der Waals surface area contributed by atoms with Crippen LogP contribution in [0.3, 0.4) is 0 Å². The van der Waals surface area contributed by atoms with Crippen LogP contribution < -0.4 is 11.1 Å². The third kappa shape index (κ3) is 2.89. The van der Waals surface area contributed by atoms with Crippen molar-refractivity contribution >= 4 is 23.2 Å². The summed E-state index contributed by atoms with van der Waals surface area (Å²) in [6, 6.07) is 5.14. The molecule has 1 rings (SSSR count). The highest BCUT2D eigenvalue weighted by atomic mass is 35.5. The van der Waals surface area contributed by atoms with Gasteiger partial charge in [0.2, 0.25) is 0 Å². The number of carbonyl (C=O) groups is 1. The van der Waals surface area contributed by atoms with E-state index in [4.69, 9.17) is 17.3 Å². The van der Waals surface area contributed by atoms with Crippen LogP contribution in [0.2, 0.25) is 5.02 Å². The predicted molar refractivity (Wildman–Crippen MR) is 67.6 cm³/mol. The van der Waals surface area contributed by atoms with Crippen LogP contribution in [0, 0.1) is 5.92 Å². The van der Waals surface area contributed by atoms with Crippen molar-refractivity contribution in [2.45, 2.75) is 26.8 Å². The fourth-order valence-corrected chi connectivity index (χ4v) is 1.49. The molecule has 3 N–H and O–H groups in total. The molecule has 0 aliphatic heterocycles. The van der Waals surface area contributed by atoms with E-state index in [1.807, 2.05) is 20.8 Å². The number of nitrogen functional groups attached to an aromatic ring is 1. The van der Waals surface area contributed by atoms with Crippen LogP contribution in [0.4, 0.5) is 5.69 Å². The number of benzene rings is 1. The maximum atomic E-state index is 11.9. The zero-order valence-corrected chi connectivity index (χ0v) is 10.5. The molecule has 0 fully saturated rings. The van der Waals surface area contributed by atoms with Crippen molar-refractivity contribution in [3.8, 4) is 0 Å². The molecular formula is C12H17ClN2O.